The summed E-state index contributed by atoms with van der Waals surface area (Å²) < 4.78 is 38.9. The van der Waals surface area contributed by atoms with Crippen LogP contribution in [0.15, 0.2) is 29.2 Å². The molecule has 3 aliphatic heterocycles. The van der Waals surface area contributed by atoms with E-state index in [2.05, 4.69) is 0 Å². The molecule has 0 N–H and O–H groups in total. The van der Waals surface area contributed by atoms with Gasteiger partial charge in [-0.25, -0.2) is 8.42 Å². The van der Waals surface area contributed by atoms with Gasteiger partial charge in [-0.15, -0.1) is 0 Å². The number of carbonyl (C=O) groups is 1. The summed E-state index contributed by atoms with van der Waals surface area (Å²) in [6, 6.07) is 7.23. The molecular formula is C21H30N2O5S. The van der Waals surface area contributed by atoms with E-state index in [1.165, 1.54) is 7.11 Å². The molecule has 7 nitrogen and oxygen atoms in total. The molecule has 1 aromatic rings. The van der Waals surface area contributed by atoms with E-state index < -0.39 is 10.0 Å². The number of sulfonamides is 1. The van der Waals surface area contributed by atoms with Gasteiger partial charge in [-0.05, 0) is 50.7 Å². The van der Waals surface area contributed by atoms with Gasteiger partial charge in [-0.1, -0.05) is 6.07 Å². The van der Waals surface area contributed by atoms with E-state index in [0.717, 1.165) is 25.7 Å². The van der Waals surface area contributed by atoms with E-state index in [0.29, 0.717) is 43.8 Å². The van der Waals surface area contributed by atoms with E-state index in [4.69, 9.17) is 9.47 Å². The molecule has 0 radical (unpaired) electrons. The number of hydrogen-bond acceptors (Lipinski definition) is 5. The first-order valence-electron chi connectivity index (χ1n) is 10.5. The third-order valence-electron chi connectivity index (χ3n) is 6.52. The van der Waals surface area contributed by atoms with Gasteiger partial charge in [-0.2, -0.15) is 4.31 Å². The van der Waals surface area contributed by atoms with Crippen LogP contribution in [0.2, 0.25) is 0 Å². The molecule has 2 bridgehead atoms. The molecule has 160 valence electrons. The minimum Gasteiger partial charge on any atom is -0.497 e. The maximum absolute atomic E-state index is 12.9. The summed E-state index contributed by atoms with van der Waals surface area (Å²) in [6.45, 7) is 2.58. The molecule has 3 atom stereocenters. The normalized spacial score (nSPS) is 28.5. The van der Waals surface area contributed by atoms with Crippen LogP contribution in [0, 0.1) is 0 Å². The van der Waals surface area contributed by atoms with Gasteiger partial charge in [-0.3, -0.25) is 4.79 Å². The maximum atomic E-state index is 12.9. The number of rotatable bonds is 5. The summed E-state index contributed by atoms with van der Waals surface area (Å²) in [5.74, 6) is 0.711. The average Bonchev–Trinajstić information content (AvgIpc) is 3.00. The highest BCUT2D eigenvalue weighted by Gasteiger charge is 2.43. The quantitative estimate of drug-likeness (QED) is 0.728. The number of carbonyl (C=O) groups excluding carboxylic acids is 1. The Morgan fingerprint density at radius 3 is 2.28 bits per heavy atom. The van der Waals surface area contributed by atoms with Crippen LogP contribution in [0.1, 0.15) is 45.4 Å². The lowest BCUT2D eigenvalue weighted by Gasteiger charge is -2.40. The molecule has 0 aliphatic carbocycles. The Labute approximate surface area is 173 Å². The molecule has 4 rings (SSSR count). The van der Waals surface area contributed by atoms with E-state index in [9.17, 15) is 13.2 Å². The second-order valence-electron chi connectivity index (χ2n) is 8.32. The van der Waals surface area contributed by atoms with Gasteiger partial charge < -0.3 is 14.4 Å². The third-order valence-corrected chi connectivity index (χ3v) is 8.41. The van der Waals surface area contributed by atoms with Crippen LogP contribution in [0.5, 0.6) is 5.75 Å². The molecule has 1 unspecified atom stereocenters. The standard InChI is InChI=1S/C21H30N2O5S/c1-15(24)23-16-6-7-17(23)13-20(12-16)28-18-8-10-22(11-9-18)29(25,26)21-5-3-4-19(14-21)27-2/h3-5,14,16-18,20H,6-13H2,1-2H3/t16-,17+,20?. The second-order valence-corrected chi connectivity index (χ2v) is 10.3. The van der Waals surface area contributed by atoms with Gasteiger partial charge in [0.15, 0.2) is 0 Å². The van der Waals surface area contributed by atoms with E-state index in [1.54, 1.807) is 35.5 Å². The molecule has 29 heavy (non-hydrogen) atoms. The third kappa shape index (κ3) is 4.15. The van der Waals surface area contributed by atoms with Gasteiger partial charge in [0.05, 0.1) is 24.2 Å². The Morgan fingerprint density at radius 2 is 1.69 bits per heavy atom. The Balaban J connectivity index is 1.32. The molecule has 0 spiro atoms. The summed E-state index contributed by atoms with van der Waals surface area (Å²) >= 11 is 0. The van der Waals surface area contributed by atoms with Crippen molar-refractivity contribution in [1.82, 2.24) is 9.21 Å². The van der Waals surface area contributed by atoms with Crippen molar-refractivity contribution in [3.8, 4) is 5.75 Å². The number of hydrogen-bond donors (Lipinski definition) is 0. The first-order valence-corrected chi connectivity index (χ1v) is 11.9. The lowest BCUT2D eigenvalue weighted by Crippen LogP contribution is -2.49. The molecule has 1 aromatic carbocycles. The van der Waals surface area contributed by atoms with Crippen molar-refractivity contribution < 1.29 is 22.7 Å². The van der Waals surface area contributed by atoms with Crippen molar-refractivity contribution in [2.45, 2.75) is 74.6 Å². The second kappa shape index (κ2) is 8.24. The maximum Gasteiger partial charge on any atom is 0.243 e. The van der Waals surface area contributed by atoms with Crippen molar-refractivity contribution >= 4 is 15.9 Å². The number of fused-ring (bicyclic) bond motifs is 2. The molecule has 1 amide bonds. The highest BCUT2D eigenvalue weighted by molar-refractivity contribution is 7.89. The van der Waals surface area contributed by atoms with Crippen LogP contribution < -0.4 is 4.74 Å². The zero-order valence-corrected chi connectivity index (χ0v) is 17.9. The van der Waals surface area contributed by atoms with Crippen molar-refractivity contribution in [1.29, 1.82) is 0 Å². The molecule has 0 aromatic heterocycles. The lowest BCUT2D eigenvalue weighted by atomic mass is 9.98. The number of amides is 1. The number of benzene rings is 1. The topological polar surface area (TPSA) is 76.2 Å². The number of methoxy groups -OCH3 is 1. The Hall–Kier alpha value is -1.64. The fourth-order valence-electron chi connectivity index (χ4n) is 5.14. The Bertz CT molecular complexity index is 836. The van der Waals surface area contributed by atoms with Crippen molar-refractivity contribution in [2.75, 3.05) is 20.2 Å². The Kier molecular flexibility index (Phi) is 5.86. The average molecular weight is 423 g/mol. The van der Waals surface area contributed by atoms with E-state index in [1.807, 2.05) is 4.90 Å². The molecule has 3 heterocycles. The molecule has 0 saturated carbocycles. The molecule has 8 heteroatoms. The lowest BCUT2D eigenvalue weighted by molar-refractivity contribution is -0.138. The number of ether oxygens (including phenoxy) is 2. The van der Waals surface area contributed by atoms with Gasteiger partial charge in [0.2, 0.25) is 15.9 Å². The largest absolute Gasteiger partial charge is 0.497 e. The molecule has 3 aliphatic rings. The summed E-state index contributed by atoms with van der Waals surface area (Å²) in [7, 11) is -1.99. The fraction of sp³-hybridized carbons (Fsp3) is 0.667. The zero-order valence-electron chi connectivity index (χ0n) is 17.1. The van der Waals surface area contributed by atoms with Crippen LogP contribution in [0.4, 0.5) is 0 Å². The summed E-state index contributed by atoms with van der Waals surface area (Å²) in [6.07, 6.45) is 5.60. The fourth-order valence-corrected chi connectivity index (χ4v) is 6.65. The van der Waals surface area contributed by atoms with E-state index in [-0.39, 0.29) is 23.0 Å². The van der Waals surface area contributed by atoms with Gasteiger partial charge in [0, 0.05) is 38.2 Å². The first kappa shape index (κ1) is 20.6. The monoisotopic (exact) mass is 422 g/mol. The smallest absolute Gasteiger partial charge is 0.243 e. The number of nitrogens with zero attached hydrogens (tertiary/aromatic N) is 2. The summed E-state index contributed by atoms with van der Waals surface area (Å²) in [5, 5.41) is 0. The molecule has 3 fully saturated rings. The minimum atomic E-state index is -3.52. The Morgan fingerprint density at radius 1 is 1.03 bits per heavy atom. The van der Waals surface area contributed by atoms with E-state index >= 15 is 0 Å². The van der Waals surface area contributed by atoms with Crippen LogP contribution in [0.3, 0.4) is 0 Å². The zero-order chi connectivity index (χ0) is 20.6. The predicted octanol–water partition coefficient (Wildman–Crippen LogP) is 2.41. The molecule has 3 saturated heterocycles. The minimum absolute atomic E-state index is 0.0834. The van der Waals surface area contributed by atoms with Crippen molar-refractivity contribution in [2.24, 2.45) is 0 Å². The summed E-state index contributed by atoms with van der Waals surface area (Å²) in [5.41, 5.74) is 0. The van der Waals surface area contributed by atoms with Crippen LogP contribution in [0.25, 0.3) is 0 Å². The summed E-state index contributed by atoms with van der Waals surface area (Å²) in [4.78, 5) is 14.2. The van der Waals surface area contributed by atoms with Crippen molar-refractivity contribution in [3.63, 3.8) is 0 Å². The van der Waals surface area contributed by atoms with Crippen LogP contribution in [-0.4, -0.2) is 68.0 Å². The highest BCUT2D eigenvalue weighted by Crippen LogP contribution is 2.38. The number of piperidine rings is 2. The SMILES string of the molecule is COc1cccc(S(=O)(=O)N2CCC(OC3C[C@H]4CC[C@@H](C3)N4C(C)=O)CC2)c1. The van der Waals surface area contributed by atoms with Crippen LogP contribution >= 0.6 is 0 Å². The van der Waals surface area contributed by atoms with Gasteiger partial charge in [0.25, 0.3) is 0 Å². The van der Waals surface area contributed by atoms with Gasteiger partial charge in [0.1, 0.15) is 5.75 Å². The first-order chi connectivity index (χ1) is 13.9. The van der Waals surface area contributed by atoms with Crippen molar-refractivity contribution in [3.05, 3.63) is 24.3 Å². The highest BCUT2D eigenvalue weighted by atomic mass is 32.2. The van der Waals surface area contributed by atoms with Crippen LogP contribution in [-0.2, 0) is 19.6 Å². The predicted molar refractivity (Wildman–Crippen MR) is 108 cm³/mol. The molecular weight excluding hydrogens is 392 g/mol. The van der Waals surface area contributed by atoms with Gasteiger partial charge >= 0.3 is 0 Å².